The van der Waals surface area contributed by atoms with Crippen molar-refractivity contribution in [2.75, 3.05) is 7.11 Å². The molecule has 1 N–H and O–H groups in total. The van der Waals surface area contributed by atoms with Crippen LogP contribution in [-0.4, -0.2) is 16.7 Å². The Morgan fingerprint density at radius 3 is 2.54 bits per heavy atom. The van der Waals surface area contributed by atoms with Crippen LogP contribution in [-0.2, 0) is 0 Å². The molecule has 5 nitrogen and oxygen atoms in total. The number of nitrogens with one attached hydrogen (secondary N) is 1. The van der Waals surface area contributed by atoms with Gasteiger partial charge in [-0.3, -0.25) is 14.3 Å². The second-order valence-corrected chi connectivity index (χ2v) is 2.96. The van der Waals surface area contributed by atoms with Gasteiger partial charge in [-0.25, -0.2) is 4.79 Å². The molecular formula is C8H12N2O3. The molecule has 0 spiro atoms. The van der Waals surface area contributed by atoms with Gasteiger partial charge in [-0.2, -0.15) is 0 Å². The normalized spacial score (nSPS) is 10.5. The monoisotopic (exact) mass is 184 g/mol. The summed E-state index contributed by atoms with van der Waals surface area (Å²) in [5, 5.41) is 0. The lowest BCUT2D eigenvalue weighted by Gasteiger charge is -2.09. The molecule has 0 aliphatic rings. The van der Waals surface area contributed by atoms with Crippen LogP contribution in [0.3, 0.4) is 0 Å². The second-order valence-electron chi connectivity index (χ2n) is 2.96. The van der Waals surface area contributed by atoms with Gasteiger partial charge in [0.05, 0.1) is 13.3 Å². The Bertz CT molecular complexity index is 403. The minimum Gasteiger partial charge on any atom is -0.490 e. The van der Waals surface area contributed by atoms with Crippen molar-refractivity contribution in [3.8, 4) is 5.75 Å². The van der Waals surface area contributed by atoms with Gasteiger partial charge in [-0.1, -0.05) is 0 Å². The topological polar surface area (TPSA) is 64.1 Å². The lowest BCUT2D eigenvalue weighted by Crippen LogP contribution is -2.30. The average molecular weight is 184 g/mol. The molecule has 0 unspecified atom stereocenters. The van der Waals surface area contributed by atoms with Crippen LogP contribution in [0, 0.1) is 0 Å². The largest absolute Gasteiger partial charge is 0.490 e. The zero-order valence-corrected chi connectivity index (χ0v) is 7.83. The highest BCUT2D eigenvalue weighted by Crippen LogP contribution is 2.03. The smallest absolute Gasteiger partial charge is 0.328 e. The first-order valence-electron chi connectivity index (χ1n) is 3.95. The van der Waals surface area contributed by atoms with E-state index < -0.39 is 11.2 Å². The average Bonchev–Trinajstić information content (AvgIpc) is 2.03. The highest BCUT2D eigenvalue weighted by molar-refractivity contribution is 5.11. The van der Waals surface area contributed by atoms with Crippen molar-refractivity contribution in [1.29, 1.82) is 0 Å². The van der Waals surface area contributed by atoms with Gasteiger partial charge >= 0.3 is 5.69 Å². The van der Waals surface area contributed by atoms with E-state index in [1.54, 1.807) is 0 Å². The number of ether oxygens (including phenoxy) is 1. The first-order chi connectivity index (χ1) is 6.06. The first kappa shape index (κ1) is 9.57. The molecule has 1 aromatic rings. The predicted molar refractivity (Wildman–Crippen MR) is 48.3 cm³/mol. The summed E-state index contributed by atoms with van der Waals surface area (Å²) in [7, 11) is 1.39. The summed E-state index contributed by atoms with van der Waals surface area (Å²) < 4.78 is 6.19. The third kappa shape index (κ3) is 1.80. The minimum atomic E-state index is -0.496. The van der Waals surface area contributed by atoms with Crippen LogP contribution >= 0.6 is 0 Å². The van der Waals surface area contributed by atoms with Gasteiger partial charge in [-0.05, 0) is 13.8 Å². The fourth-order valence-electron chi connectivity index (χ4n) is 0.996. The Hall–Kier alpha value is -1.52. The molecule has 0 radical (unpaired) electrons. The van der Waals surface area contributed by atoms with Crippen LogP contribution in [0.4, 0.5) is 0 Å². The summed E-state index contributed by atoms with van der Waals surface area (Å²) in [5.41, 5.74) is -0.912. The number of hydrogen-bond acceptors (Lipinski definition) is 3. The molecule has 0 bridgehead atoms. The van der Waals surface area contributed by atoms with E-state index in [0.717, 1.165) is 0 Å². The fourth-order valence-corrected chi connectivity index (χ4v) is 0.996. The summed E-state index contributed by atoms with van der Waals surface area (Å²) in [4.78, 5) is 24.4. The molecule has 0 fully saturated rings. The van der Waals surface area contributed by atoms with Crippen molar-refractivity contribution in [2.45, 2.75) is 19.9 Å². The predicted octanol–water partition coefficient (Wildman–Crippen LogP) is 0.126. The quantitative estimate of drug-likeness (QED) is 0.710. The van der Waals surface area contributed by atoms with Crippen molar-refractivity contribution in [2.24, 2.45) is 0 Å². The number of methoxy groups -OCH3 is 1. The molecule has 5 heteroatoms. The van der Waals surface area contributed by atoms with Crippen LogP contribution < -0.4 is 16.0 Å². The molecule has 13 heavy (non-hydrogen) atoms. The van der Waals surface area contributed by atoms with Gasteiger partial charge in [0.25, 0.3) is 5.56 Å². The van der Waals surface area contributed by atoms with Crippen LogP contribution in [0.15, 0.2) is 15.8 Å². The Kier molecular flexibility index (Phi) is 2.55. The maximum absolute atomic E-state index is 11.2. The maximum atomic E-state index is 11.2. The van der Waals surface area contributed by atoms with Gasteiger partial charge in [-0.15, -0.1) is 0 Å². The van der Waals surface area contributed by atoms with Crippen LogP contribution in [0.1, 0.15) is 19.9 Å². The molecule has 0 aromatic carbocycles. The van der Waals surface area contributed by atoms with E-state index in [2.05, 4.69) is 4.98 Å². The first-order valence-corrected chi connectivity index (χ1v) is 3.95. The fraction of sp³-hybridized carbons (Fsp3) is 0.500. The molecule has 0 saturated heterocycles. The van der Waals surface area contributed by atoms with Crippen molar-refractivity contribution in [3.63, 3.8) is 0 Å². The third-order valence-corrected chi connectivity index (χ3v) is 1.71. The van der Waals surface area contributed by atoms with Crippen molar-refractivity contribution >= 4 is 0 Å². The number of aromatic nitrogens is 2. The molecule has 1 heterocycles. The third-order valence-electron chi connectivity index (χ3n) is 1.71. The van der Waals surface area contributed by atoms with Gasteiger partial charge in [0, 0.05) is 6.04 Å². The van der Waals surface area contributed by atoms with Gasteiger partial charge in [0.1, 0.15) is 0 Å². The molecule has 0 saturated carbocycles. The molecule has 1 aromatic heterocycles. The Morgan fingerprint density at radius 2 is 2.08 bits per heavy atom. The summed E-state index contributed by atoms with van der Waals surface area (Å²) >= 11 is 0. The molecule has 0 aliphatic heterocycles. The van der Waals surface area contributed by atoms with E-state index in [1.807, 2.05) is 13.8 Å². The molecular weight excluding hydrogens is 172 g/mol. The van der Waals surface area contributed by atoms with Gasteiger partial charge < -0.3 is 4.74 Å². The summed E-state index contributed by atoms with van der Waals surface area (Å²) in [6.45, 7) is 3.69. The second kappa shape index (κ2) is 3.47. The zero-order chi connectivity index (χ0) is 10.0. The lowest BCUT2D eigenvalue weighted by atomic mass is 10.4. The van der Waals surface area contributed by atoms with E-state index in [9.17, 15) is 9.59 Å². The van der Waals surface area contributed by atoms with Crippen molar-refractivity contribution in [3.05, 3.63) is 27.0 Å². The highest BCUT2D eigenvalue weighted by atomic mass is 16.5. The lowest BCUT2D eigenvalue weighted by molar-refractivity contribution is 0.395. The SMILES string of the molecule is COc1cn(C(C)C)c(=O)[nH]c1=O. The summed E-state index contributed by atoms with van der Waals surface area (Å²) in [6.07, 6.45) is 1.41. The number of H-pyrrole nitrogens is 1. The molecule has 0 atom stereocenters. The Morgan fingerprint density at radius 1 is 1.46 bits per heavy atom. The Balaban J connectivity index is 3.40. The van der Waals surface area contributed by atoms with E-state index in [1.165, 1.54) is 17.9 Å². The summed E-state index contributed by atoms with van der Waals surface area (Å²) in [5.74, 6) is 0.147. The van der Waals surface area contributed by atoms with Crippen LogP contribution in [0.2, 0.25) is 0 Å². The van der Waals surface area contributed by atoms with E-state index >= 15 is 0 Å². The standard InChI is InChI=1S/C8H12N2O3/c1-5(2)10-4-6(13-3)7(11)9-8(10)12/h4-5H,1-3H3,(H,9,11,12). The maximum Gasteiger partial charge on any atom is 0.328 e. The molecule has 72 valence electrons. The molecule has 0 aliphatic carbocycles. The Labute approximate surface area is 75.0 Å². The van der Waals surface area contributed by atoms with Crippen LogP contribution in [0.5, 0.6) is 5.75 Å². The molecule has 0 amide bonds. The minimum absolute atomic E-state index is 0.00162. The van der Waals surface area contributed by atoms with E-state index in [4.69, 9.17) is 4.74 Å². The molecule has 1 rings (SSSR count). The number of aromatic amines is 1. The van der Waals surface area contributed by atoms with Crippen LogP contribution in [0.25, 0.3) is 0 Å². The van der Waals surface area contributed by atoms with Crippen molar-refractivity contribution < 1.29 is 4.74 Å². The van der Waals surface area contributed by atoms with Crippen molar-refractivity contribution in [1.82, 2.24) is 9.55 Å². The van der Waals surface area contributed by atoms with Gasteiger partial charge in [0.15, 0.2) is 0 Å². The van der Waals surface area contributed by atoms with E-state index in [-0.39, 0.29) is 11.8 Å². The number of hydrogen-bond donors (Lipinski definition) is 1. The van der Waals surface area contributed by atoms with Gasteiger partial charge in [0.2, 0.25) is 5.75 Å². The zero-order valence-electron chi connectivity index (χ0n) is 7.83. The van der Waals surface area contributed by atoms with E-state index in [0.29, 0.717) is 0 Å². The summed E-state index contributed by atoms with van der Waals surface area (Å²) in [6, 6.07) is -0.00162. The number of rotatable bonds is 2. The number of nitrogens with zero attached hydrogens (tertiary/aromatic N) is 1. The highest BCUT2D eigenvalue weighted by Gasteiger charge is 2.06.